The van der Waals surface area contributed by atoms with Crippen LogP contribution in [0.25, 0.3) is 0 Å². The van der Waals surface area contributed by atoms with E-state index in [4.69, 9.17) is 0 Å². The van der Waals surface area contributed by atoms with Crippen LogP contribution in [-0.2, 0) is 7.05 Å². The van der Waals surface area contributed by atoms with Crippen LogP contribution in [0.2, 0.25) is 0 Å². The minimum atomic E-state index is 0.0411. The maximum Gasteiger partial charge on any atom is 0.267 e. The van der Waals surface area contributed by atoms with Gasteiger partial charge in [-0.1, -0.05) is 0 Å². The summed E-state index contributed by atoms with van der Waals surface area (Å²) in [6.07, 6.45) is 4.42. The summed E-state index contributed by atoms with van der Waals surface area (Å²) in [6, 6.07) is 3.72. The van der Waals surface area contributed by atoms with Gasteiger partial charge < -0.3 is 9.88 Å². The fourth-order valence-corrected chi connectivity index (χ4v) is 1.35. The van der Waals surface area contributed by atoms with Crippen LogP contribution < -0.4 is 5.32 Å². The average molecular weight is 178 g/mol. The van der Waals surface area contributed by atoms with Gasteiger partial charge in [-0.05, 0) is 30.9 Å². The fourth-order valence-electron chi connectivity index (χ4n) is 1.35. The molecule has 1 aliphatic rings. The molecule has 0 bridgehead atoms. The number of amides is 1. The summed E-state index contributed by atoms with van der Waals surface area (Å²) in [4.78, 5) is 11.5. The maximum atomic E-state index is 11.5. The molecule has 2 rings (SSSR count). The van der Waals surface area contributed by atoms with Gasteiger partial charge in [-0.2, -0.15) is 0 Å². The van der Waals surface area contributed by atoms with E-state index < -0.39 is 0 Å². The molecule has 0 radical (unpaired) electrons. The lowest BCUT2D eigenvalue weighted by atomic mass is 10.3. The van der Waals surface area contributed by atoms with Gasteiger partial charge in [0.05, 0.1) is 0 Å². The van der Waals surface area contributed by atoms with Crippen molar-refractivity contribution in [2.75, 3.05) is 6.54 Å². The molecule has 1 aromatic heterocycles. The summed E-state index contributed by atoms with van der Waals surface area (Å²) in [5.74, 6) is 0.781. The van der Waals surface area contributed by atoms with Gasteiger partial charge in [0.25, 0.3) is 5.91 Å². The molecule has 3 heteroatoms. The molecular weight excluding hydrogens is 164 g/mol. The Morgan fingerprint density at radius 2 is 2.46 bits per heavy atom. The van der Waals surface area contributed by atoms with Gasteiger partial charge >= 0.3 is 0 Å². The van der Waals surface area contributed by atoms with Crippen LogP contribution in [-0.4, -0.2) is 17.0 Å². The summed E-state index contributed by atoms with van der Waals surface area (Å²) in [7, 11) is 1.88. The third kappa shape index (κ3) is 1.91. The molecule has 0 atom stereocenters. The van der Waals surface area contributed by atoms with Crippen molar-refractivity contribution in [3.63, 3.8) is 0 Å². The molecule has 1 N–H and O–H groups in total. The Morgan fingerprint density at radius 3 is 3.00 bits per heavy atom. The first-order chi connectivity index (χ1) is 6.27. The van der Waals surface area contributed by atoms with E-state index in [-0.39, 0.29) is 5.91 Å². The molecule has 1 saturated carbocycles. The van der Waals surface area contributed by atoms with E-state index in [0.717, 1.165) is 18.2 Å². The quantitative estimate of drug-likeness (QED) is 0.740. The van der Waals surface area contributed by atoms with Crippen molar-refractivity contribution < 1.29 is 4.79 Å². The van der Waals surface area contributed by atoms with Crippen LogP contribution >= 0.6 is 0 Å². The van der Waals surface area contributed by atoms with Gasteiger partial charge in [0.2, 0.25) is 0 Å². The molecule has 1 heterocycles. The Hall–Kier alpha value is -1.25. The molecular formula is C10H14N2O. The Kier molecular flexibility index (Phi) is 2.08. The van der Waals surface area contributed by atoms with Crippen molar-refractivity contribution in [1.82, 2.24) is 9.88 Å². The largest absolute Gasteiger partial charge is 0.350 e. The summed E-state index contributed by atoms with van der Waals surface area (Å²) in [6.45, 7) is 0.837. The Labute approximate surface area is 77.7 Å². The smallest absolute Gasteiger partial charge is 0.267 e. The number of rotatable bonds is 3. The highest BCUT2D eigenvalue weighted by Gasteiger charge is 2.22. The Balaban J connectivity index is 1.92. The molecule has 0 spiro atoms. The predicted octanol–water partition coefficient (Wildman–Crippen LogP) is 1.16. The van der Waals surface area contributed by atoms with Gasteiger partial charge in [0.15, 0.2) is 0 Å². The van der Waals surface area contributed by atoms with E-state index >= 15 is 0 Å². The van der Waals surface area contributed by atoms with E-state index in [1.165, 1.54) is 12.8 Å². The number of hydrogen-bond donors (Lipinski definition) is 1. The third-order valence-electron chi connectivity index (χ3n) is 2.42. The topological polar surface area (TPSA) is 34.0 Å². The second-order valence-corrected chi connectivity index (χ2v) is 3.66. The number of nitrogens with zero attached hydrogens (tertiary/aromatic N) is 1. The van der Waals surface area contributed by atoms with Crippen LogP contribution in [0.15, 0.2) is 18.3 Å². The predicted molar refractivity (Wildman–Crippen MR) is 50.5 cm³/mol. The van der Waals surface area contributed by atoms with Crippen LogP contribution in [0.4, 0.5) is 0 Å². The highest BCUT2D eigenvalue weighted by molar-refractivity contribution is 5.92. The first-order valence-electron chi connectivity index (χ1n) is 4.67. The number of carbonyl (C=O) groups excluding carboxylic acids is 1. The van der Waals surface area contributed by atoms with Crippen molar-refractivity contribution in [3.8, 4) is 0 Å². The number of aromatic nitrogens is 1. The molecule has 1 aromatic rings. The number of carbonyl (C=O) groups is 1. The SMILES string of the molecule is Cn1cccc1C(=O)NCC1CC1. The number of hydrogen-bond acceptors (Lipinski definition) is 1. The molecule has 3 nitrogen and oxygen atoms in total. The molecule has 13 heavy (non-hydrogen) atoms. The molecule has 0 aliphatic heterocycles. The van der Waals surface area contributed by atoms with Crippen molar-refractivity contribution in [2.24, 2.45) is 13.0 Å². The first kappa shape index (κ1) is 8.35. The second-order valence-electron chi connectivity index (χ2n) is 3.66. The minimum Gasteiger partial charge on any atom is -0.350 e. The van der Waals surface area contributed by atoms with Crippen molar-refractivity contribution >= 4 is 5.91 Å². The van der Waals surface area contributed by atoms with Crippen molar-refractivity contribution in [3.05, 3.63) is 24.0 Å². The summed E-state index contributed by atoms with van der Waals surface area (Å²) in [5, 5.41) is 2.93. The Bertz CT molecular complexity index is 312. The van der Waals surface area contributed by atoms with Gasteiger partial charge in [-0.25, -0.2) is 0 Å². The van der Waals surface area contributed by atoms with Crippen LogP contribution in [0, 0.1) is 5.92 Å². The van der Waals surface area contributed by atoms with Gasteiger partial charge in [-0.15, -0.1) is 0 Å². The van der Waals surface area contributed by atoms with Crippen LogP contribution in [0.1, 0.15) is 23.3 Å². The normalized spacial score (nSPS) is 15.8. The van der Waals surface area contributed by atoms with Gasteiger partial charge in [-0.3, -0.25) is 4.79 Å². The van der Waals surface area contributed by atoms with Crippen molar-refractivity contribution in [2.45, 2.75) is 12.8 Å². The zero-order valence-corrected chi connectivity index (χ0v) is 7.79. The van der Waals surface area contributed by atoms with Crippen molar-refractivity contribution in [1.29, 1.82) is 0 Å². The third-order valence-corrected chi connectivity index (χ3v) is 2.42. The van der Waals surface area contributed by atoms with Gasteiger partial charge in [0.1, 0.15) is 5.69 Å². The van der Waals surface area contributed by atoms with Crippen LogP contribution in [0.5, 0.6) is 0 Å². The first-order valence-corrected chi connectivity index (χ1v) is 4.67. The molecule has 1 amide bonds. The average Bonchev–Trinajstić information content (AvgIpc) is 2.84. The molecule has 0 unspecified atom stereocenters. The second kappa shape index (κ2) is 3.24. The maximum absolute atomic E-state index is 11.5. The number of aryl methyl sites for hydroxylation is 1. The van der Waals surface area contributed by atoms with Gasteiger partial charge in [0, 0.05) is 19.8 Å². The molecule has 1 aliphatic carbocycles. The molecule has 0 saturated heterocycles. The molecule has 1 fully saturated rings. The fraction of sp³-hybridized carbons (Fsp3) is 0.500. The zero-order valence-electron chi connectivity index (χ0n) is 7.79. The minimum absolute atomic E-state index is 0.0411. The van der Waals surface area contributed by atoms with Crippen LogP contribution in [0.3, 0.4) is 0 Å². The summed E-state index contributed by atoms with van der Waals surface area (Å²) in [5.41, 5.74) is 0.737. The zero-order chi connectivity index (χ0) is 9.26. The van der Waals surface area contributed by atoms with E-state index in [9.17, 15) is 4.79 Å². The summed E-state index contributed by atoms with van der Waals surface area (Å²) < 4.78 is 1.84. The van der Waals surface area contributed by atoms with E-state index in [0.29, 0.717) is 0 Å². The Morgan fingerprint density at radius 1 is 1.69 bits per heavy atom. The molecule has 70 valence electrons. The monoisotopic (exact) mass is 178 g/mol. The lowest BCUT2D eigenvalue weighted by molar-refractivity contribution is 0.0943. The lowest BCUT2D eigenvalue weighted by Crippen LogP contribution is -2.27. The summed E-state index contributed by atoms with van der Waals surface area (Å²) >= 11 is 0. The highest BCUT2D eigenvalue weighted by Crippen LogP contribution is 2.27. The van der Waals surface area contributed by atoms with E-state index in [2.05, 4.69) is 5.32 Å². The standard InChI is InChI=1S/C10H14N2O/c1-12-6-2-3-9(12)10(13)11-7-8-4-5-8/h2-3,6,8H,4-5,7H2,1H3,(H,11,13). The van der Waals surface area contributed by atoms with E-state index in [1.54, 1.807) is 0 Å². The highest BCUT2D eigenvalue weighted by atomic mass is 16.1. The number of nitrogens with one attached hydrogen (secondary N) is 1. The lowest BCUT2D eigenvalue weighted by Gasteiger charge is -2.04. The molecule has 0 aromatic carbocycles. The van der Waals surface area contributed by atoms with E-state index in [1.807, 2.05) is 29.9 Å².